The molecule has 2 saturated carbocycles. The summed E-state index contributed by atoms with van der Waals surface area (Å²) in [5.41, 5.74) is 0. The van der Waals surface area contributed by atoms with Crippen molar-refractivity contribution in [2.45, 2.75) is 124 Å². The largest absolute Gasteiger partial charge is 0.464 e. The highest BCUT2D eigenvalue weighted by molar-refractivity contribution is 6.01. The smallest absolute Gasteiger partial charge is 0.407 e. The number of fused-ring (bicyclic) bond motifs is 2. The third-order valence-electron chi connectivity index (χ3n) is 15.4. The molecule has 22 heteroatoms. The minimum absolute atomic E-state index is 0.00938. The summed E-state index contributed by atoms with van der Waals surface area (Å²) in [6.07, 6.45) is 7.07. The molecule has 0 spiro atoms. The Labute approximate surface area is 451 Å². The lowest BCUT2D eigenvalue weighted by Crippen LogP contribution is -2.58. The monoisotopic (exact) mass is 1080 g/mol. The number of hydrogen-bond donors (Lipinski definition) is 2. The third-order valence-corrected chi connectivity index (χ3v) is 15.4. The first-order chi connectivity index (χ1) is 36.9. The van der Waals surface area contributed by atoms with E-state index in [9.17, 15) is 47.9 Å². The second kappa shape index (κ2) is 29.5. The lowest BCUT2D eigenvalue weighted by molar-refractivity contribution is -0.199. The average Bonchev–Trinajstić information content (AvgIpc) is 4.23. The first-order valence-electron chi connectivity index (χ1n) is 27.6. The quantitative estimate of drug-likeness (QED) is 0.0725. The van der Waals surface area contributed by atoms with Crippen molar-refractivity contribution in [2.24, 2.45) is 47.3 Å². The number of amides is 6. The molecule has 4 unspecified atom stereocenters. The predicted molar refractivity (Wildman–Crippen MR) is 275 cm³/mol. The van der Waals surface area contributed by atoms with Gasteiger partial charge in [-0.3, -0.25) is 43.4 Å². The van der Waals surface area contributed by atoms with Gasteiger partial charge in [-0.1, -0.05) is 27.7 Å². The van der Waals surface area contributed by atoms with Gasteiger partial charge < -0.3 is 44.2 Å². The number of nitrogens with one attached hydrogen (secondary N) is 2. The van der Waals surface area contributed by atoms with E-state index in [0.717, 1.165) is 51.4 Å². The molecule has 0 bridgehead atoms. The van der Waals surface area contributed by atoms with Crippen molar-refractivity contribution in [1.29, 1.82) is 0 Å². The fraction of sp³-hybridized carbons (Fsp3) is 0.745. The fourth-order valence-corrected chi connectivity index (χ4v) is 10.8. The van der Waals surface area contributed by atoms with Gasteiger partial charge in [-0.25, -0.2) is 14.4 Å². The van der Waals surface area contributed by atoms with Gasteiger partial charge in [-0.2, -0.15) is 0 Å². The summed E-state index contributed by atoms with van der Waals surface area (Å²) in [5, 5.41) is 5.82. The topological polar surface area (TPSA) is 257 Å². The molecule has 2 N–H and O–H groups in total. The normalized spacial score (nSPS) is 25.7. The van der Waals surface area contributed by atoms with Crippen molar-refractivity contribution in [3.63, 3.8) is 0 Å². The van der Waals surface area contributed by atoms with Gasteiger partial charge in [0.2, 0.25) is 11.8 Å². The lowest BCUT2D eigenvalue weighted by atomic mass is 10.1. The van der Waals surface area contributed by atoms with Crippen LogP contribution >= 0.6 is 0 Å². The zero-order chi connectivity index (χ0) is 55.6. The number of hydrogen-bond acceptors (Lipinski definition) is 17. The van der Waals surface area contributed by atoms with Crippen molar-refractivity contribution in [1.82, 2.24) is 35.3 Å². The van der Waals surface area contributed by atoms with Gasteiger partial charge in [0, 0.05) is 104 Å². The Kier molecular flexibility index (Phi) is 23.0. The van der Waals surface area contributed by atoms with Crippen molar-refractivity contribution in [2.75, 3.05) is 91.9 Å². The number of esters is 2. The van der Waals surface area contributed by atoms with Gasteiger partial charge in [-0.05, 0) is 68.1 Å². The zero-order valence-electron chi connectivity index (χ0n) is 45.5. The van der Waals surface area contributed by atoms with Crippen molar-refractivity contribution < 1.29 is 71.7 Å². The Morgan fingerprint density at radius 1 is 0.545 bits per heavy atom. The van der Waals surface area contributed by atoms with Crippen LogP contribution in [0.2, 0.25) is 0 Å². The number of carbonyl (C=O) groups is 10. The number of Topliss-reactive ketones (excluding diaryl/α,β-unsaturated/α-hetero) is 1. The first kappa shape index (κ1) is 60.0. The molecule has 0 aromatic rings. The highest BCUT2D eigenvalue weighted by Crippen LogP contribution is 2.53. The zero-order valence-corrected chi connectivity index (χ0v) is 45.5. The molecule has 3 heterocycles. The molecule has 7 rings (SSSR count). The van der Waals surface area contributed by atoms with E-state index in [2.05, 4.69) is 34.3 Å². The van der Waals surface area contributed by atoms with E-state index in [1.165, 1.54) is 6.92 Å². The molecule has 77 heavy (non-hydrogen) atoms. The van der Waals surface area contributed by atoms with Gasteiger partial charge in [-0.15, -0.1) is 28.7 Å². The number of imide groups is 1. The van der Waals surface area contributed by atoms with E-state index in [0.29, 0.717) is 80.0 Å². The van der Waals surface area contributed by atoms with Crippen LogP contribution in [-0.4, -0.2) is 188 Å². The van der Waals surface area contributed by atoms with Crippen LogP contribution in [0.5, 0.6) is 0 Å². The standard InChI is InChI=1S/C29H40N4O9.C26H39N3O6/c1-19(2)28(38)40-17-20-15-32(14-13-31(20)16-27(37)42-33-25(35)9-10-26(33)36)24(34)11-12-30-29(39)41-18-23-21-7-5-3-4-6-8-22(21)23;1-18(2)25(32)34-16-20-15-29(13-12-28(20)14-19(3)30)24(31)10-11-27-26(33)35-17-23-21-8-6-4-5-7-9-22(21)23/h19-23H,5-18H2,1-2H3,(H,30,39);18,20-23H,6-17H2,1-3H3,(H,27,33)/t2*20?,21-,22+,23?. The van der Waals surface area contributed by atoms with E-state index in [1.54, 1.807) is 42.4 Å². The number of hydroxylamine groups is 2. The van der Waals surface area contributed by atoms with E-state index in [1.807, 2.05) is 4.90 Å². The second-order valence-electron chi connectivity index (χ2n) is 21.6. The number of rotatable bonds is 21. The van der Waals surface area contributed by atoms with Crippen LogP contribution < -0.4 is 10.6 Å². The molecule has 6 amide bonds. The predicted octanol–water partition coefficient (Wildman–Crippen LogP) is 2.70. The fourth-order valence-electron chi connectivity index (χ4n) is 10.8. The van der Waals surface area contributed by atoms with Gasteiger partial charge in [0.05, 0.1) is 50.2 Å². The van der Waals surface area contributed by atoms with Crippen LogP contribution in [0.25, 0.3) is 0 Å². The molecular formula is C55H79N7O15. The first-order valence-corrected chi connectivity index (χ1v) is 27.6. The molecule has 0 radical (unpaired) electrons. The molecular weight excluding hydrogens is 999 g/mol. The highest BCUT2D eigenvalue weighted by atomic mass is 16.7. The number of alkyl carbamates (subject to hydrolysis) is 2. The van der Waals surface area contributed by atoms with Crippen LogP contribution in [0, 0.1) is 71.0 Å². The summed E-state index contributed by atoms with van der Waals surface area (Å²) in [5.74, 6) is 12.4. The van der Waals surface area contributed by atoms with Crippen molar-refractivity contribution in [3.05, 3.63) is 0 Å². The number of nitrogens with zero attached hydrogens (tertiary/aromatic N) is 5. The molecule has 424 valence electrons. The van der Waals surface area contributed by atoms with Crippen LogP contribution in [0.4, 0.5) is 9.59 Å². The summed E-state index contributed by atoms with van der Waals surface area (Å²) in [6.45, 7) is 11.8. The Morgan fingerprint density at radius 2 is 0.935 bits per heavy atom. The van der Waals surface area contributed by atoms with Gasteiger partial charge in [0.25, 0.3) is 11.8 Å². The number of piperazine rings is 2. The summed E-state index contributed by atoms with van der Waals surface area (Å²) in [4.78, 5) is 134. The summed E-state index contributed by atoms with van der Waals surface area (Å²) in [7, 11) is 0. The Bertz CT molecular complexity index is 2230. The minimum atomic E-state index is -0.800. The SMILES string of the molecule is CC(=O)CN1CCN(C(=O)CCNC(=O)OCC2[C@H]3CCC#CCC[C@@H]23)CC1COC(=O)C(C)C.CC(C)C(=O)OCC1CN(C(=O)CCNC(=O)OCC2[C@H]3CCC#CCC[C@@H]23)CCN1CC(=O)ON1C(=O)CCC1=O. The summed E-state index contributed by atoms with van der Waals surface area (Å²) >= 11 is 0. The third kappa shape index (κ3) is 18.7. The van der Waals surface area contributed by atoms with E-state index < -0.39 is 42.0 Å². The van der Waals surface area contributed by atoms with Crippen LogP contribution in [-0.2, 0) is 62.1 Å². The maximum absolute atomic E-state index is 12.9. The maximum Gasteiger partial charge on any atom is 0.407 e. The van der Waals surface area contributed by atoms with Crippen molar-refractivity contribution >= 4 is 59.5 Å². The van der Waals surface area contributed by atoms with Gasteiger partial charge in [0.1, 0.15) is 19.0 Å². The number of ketones is 1. The molecule has 8 atom stereocenters. The van der Waals surface area contributed by atoms with E-state index in [-0.39, 0.29) is 120 Å². The van der Waals surface area contributed by atoms with Crippen LogP contribution in [0.3, 0.4) is 0 Å². The highest BCUT2D eigenvalue weighted by Gasteiger charge is 2.50. The Morgan fingerprint density at radius 3 is 1.31 bits per heavy atom. The van der Waals surface area contributed by atoms with Gasteiger partial charge >= 0.3 is 30.1 Å². The number of carbonyl (C=O) groups excluding carboxylic acids is 10. The molecule has 7 aliphatic rings. The molecule has 3 aliphatic heterocycles. The Hall–Kier alpha value is -6.26. The summed E-state index contributed by atoms with van der Waals surface area (Å²) < 4.78 is 21.6. The molecule has 4 aliphatic carbocycles. The van der Waals surface area contributed by atoms with Crippen LogP contribution in [0.1, 0.15) is 112 Å². The number of ether oxygens (including phenoxy) is 4. The van der Waals surface area contributed by atoms with Crippen LogP contribution in [0.15, 0.2) is 0 Å². The van der Waals surface area contributed by atoms with E-state index >= 15 is 0 Å². The molecule has 3 saturated heterocycles. The second-order valence-corrected chi connectivity index (χ2v) is 21.6. The molecule has 22 nitrogen and oxygen atoms in total. The average molecular weight is 1080 g/mol. The summed E-state index contributed by atoms with van der Waals surface area (Å²) in [6, 6.07) is -0.750. The molecule has 0 aromatic heterocycles. The Balaban J connectivity index is 0.000000254. The minimum Gasteiger partial charge on any atom is -0.464 e. The van der Waals surface area contributed by atoms with Crippen molar-refractivity contribution in [3.8, 4) is 23.7 Å². The molecule has 5 fully saturated rings. The van der Waals surface area contributed by atoms with Gasteiger partial charge in [0.15, 0.2) is 0 Å². The molecule has 0 aromatic carbocycles. The van der Waals surface area contributed by atoms with E-state index in [4.69, 9.17) is 23.8 Å². The lowest BCUT2D eigenvalue weighted by Gasteiger charge is -2.40. The maximum atomic E-state index is 12.9.